The molecule has 0 heterocycles. The van der Waals surface area contributed by atoms with Gasteiger partial charge in [-0.05, 0) is 37.2 Å². The van der Waals surface area contributed by atoms with Gasteiger partial charge < -0.3 is 5.73 Å². The molecule has 2 fully saturated rings. The van der Waals surface area contributed by atoms with E-state index in [2.05, 4.69) is 12.1 Å². The van der Waals surface area contributed by atoms with E-state index in [1.165, 1.54) is 37.7 Å². The van der Waals surface area contributed by atoms with E-state index in [1.807, 2.05) is 12.1 Å². The molecule has 0 saturated heterocycles. The van der Waals surface area contributed by atoms with Crippen LogP contribution in [0.15, 0.2) is 24.3 Å². The number of hydrogen-bond donors (Lipinski definition) is 1. The van der Waals surface area contributed by atoms with Crippen molar-refractivity contribution in [3.63, 3.8) is 0 Å². The molecule has 0 unspecified atom stereocenters. The van der Waals surface area contributed by atoms with Gasteiger partial charge >= 0.3 is 0 Å². The van der Waals surface area contributed by atoms with Crippen LogP contribution in [-0.4, -0.2) is 12.3 Å². The summed E-state index contributed by atoms with van der Waals surface area (Å²) in [6.45, 7) is 0.496. The summed E-state index contributed by atoms with van der Waals surface area (Å²) in [5.74, 6) is 1.02. The standard InChI is InChI=1S/C19H27NO/c20-14-19(12-3-1-2-4-13-19)18(21)17-10-8-16(9-11-17)15-6-5-7-15/h8-11,15H,1-7,12-14,20H2. The molecular formula is C19H27NO. The Kier molecular flexibility index (Phi) is 4.44. The number of benzene rings is 1. The van der Waals surface area contributed by atoms with Gasteiger partial charge in [0.1, 0.15) is 0 Å². The first kappa shape index (κ1) is 14.8. The molecule has 0 aliphatic heterocycles. The monoisotopic (exact) mass is 285 g/mol. The molecule has 0 radical (unpaired) electrons. The summed E-state index contributed by atoms with van der Waals surface area (Å²) in [4.78, 5) is 13.0. The second-order valence-electron chi connectivity index (χ2n) is 6.98. The molecule has 1 aromatic rings. The molecule has 0 amide bonds. The molecule has 1 aromatic carbocycles. The molecule has 2 heteroatoms. The molecule has 21 heavy (non-hydrogen) atoms. The van der Waals surface area contributed by atoms with Gasteiger partial charge in [0.2, 0.25) is 0 Å². The summed E-state index contributed by atoms with van der Waals surface area (Å²) in [5, 5.41) is 0. The predicted molar refractivity (Wildman–Crippen MR) is 86.6 cm³/mol. The summed E-state index contributed by atoms with van der Waals surface area (Å²) >= 11 is 0. The van der Waals surface area contributed by atoms with Gasteiger partial charge in [-0.2, -0.15) is 0 Å². The summed E-state index contributed by atoms with van der Waals surface area (Å²) in [6.07, 6.45) is 10.7. The molecule has 2 saturated carbocycles. The lowest BCUT2D eigenvalue weighted by molar-refractivity contribution is 0.0774. The van der Waals surface area contributed by atoms with E-state index in [-0.39, 0.29) is 11.2 Å². The van der Waals surface area contributed by atoms with Crippen LogP contribution in [0.1, 0.15) is 79.6 Å². The van der Waals surface area contributed by atoms with Gasteiger partial charge in [-0.15, -0.1) is 0 Å². The van der Waals surface area contributed by atoms with E-state index >= 15 is 0 Å². The maximum atomic E-state index is 13.0. The van der Waals surface area contributed by atoms with Crippen molar-refractivity contribution in [2.45, 2.75) is 63.7 Å². The lowest BCUT2D eigenvalue weighted by Gasteiger charge is -2.30. The van der Waals surface area contributed by atoms with E-state index in [0.717, 1.165) is 37.2 Å². The summed E-state index contributed by atoms with van der Waals surface area (Å²) in [7, 11) is 0. The SMILES string of the molecule is NCC1(C(=O)c2ccc(C3CCC3)cc2)CCCCCC1. The molecule has 0 atom stereocenters. The zero-order chi connectivity index (χ0) is 14.7. The van der Waals surface area contributed by atoms with Crippen LogP contribution in [0.25, 0.3) is 0 Å². The highest BCUT2D eigenvalue weighted by molar-refractivity contribution is 6.00. The number of rotatable bonds is 4. The minimum atomic E-state index is -0.297. The number of Topliss-reactive ketones (excluding diaryl/α,β-unsaturated/α-hetero) is 1. The zero-order valence-electron chi connectivity index (χ0n) is 12.9. The van der Waals surface area contributed by atoms with Crippen molar-refractivity contribution < 1.29 is 4.79 Å². The quantitative estimate of drug-likeness (QED) is 0.656. The van der Waals surface area contributed by atoms with Gasteiger partial charge in [-0.1, -0.05) is 56.4 Å². The Labute approximate surface area is 128 Å². The Morgan fingerprint density at radius 1 is 1.00 bits per heavy atom. The number of nitrogens with two attached hydrogens (primary N) is 1. The molecule has 0 bridgehead atoms. The number of ketones is 1. The van der Waals surface area contributed by atoms with Crippen LogP contribution in [0.5, 0.6) is 0 Å². The van der Waals surface area contributed by atoms with E-state index in [0.29, 0.717) is 6.54 Å². The topological polar surface area (TPSA) is 43.1 Å². The lowest BCUT2D eigenvalue weighted by atomic mass is 9.73. The van der Waals surface area contributed by atoms with E-state index in [4.69, 9.17) is 5.73 Å². The molecule has 2 N–H and O–H groups in total. The van der Waals surface area contributed by atoms with E-state index in [1.54, 1.807) is 0 Å². The maximum Gasteiger partial charge on any atom is 0.170 e. The van der Waals surface area contributed by atoms with E-state index in [9.17, 15) is 4.79 Å². The summed E-state index contributed by atoms with van der Waals surface area (Å²) < 4.78 is 0. The van der Waals surface area contributed by atoms with Crippen LogP contribution < -0.4 is 5.73 Å². The molecule has 0 aromatic heterocycles. The minimum absolute atomic E-state index is 0.284. The number of hydrogen-bond acceptors (Lipinski definition) is 2. The highest BCUT2D eigenvalue weighted by Gasteiger charge is 2.37. The smallest absolute Gasteiger partial charge is 0.170 e. The molecule has 2 aliphatic rings. The van der Waals surface area contributed by atoms with Crippen molar-refractivity contribution in [3.05, 3.63) is 35.4 Å². The third-order valence-corrected chi connectivity index (χ3v) is 5.68. The Hall–Kier alpha value is -1.15. The Morgan fingerprint density at radius 3 is 2.10 bits per heavy atom. The minimum Gasteiger partial charge on any atom is -0.329 e. The van der Waals surface area contributed by atoms with Gasteiger partial charge in [-0.3, -0.25) is 4.79 Å². The fourth-order valence-electron chi connectivity index (χ4n) is 3.88. The second-order valence-corrected chi connectivity index (χ2v) is 6.98. The lowest BCUT2D eigenvalue weighted by Crippen LogP contribution is -2.38. The van der Waals surface area contributed by atoms with Crippen molar-refractivity contribution in [1.82, 2.24) is 0 Å². The molecular weight excluding hydrogens is 258 g/mol. The molecule has 2 aliphatic carbocycles. The normalized spacial score (nSPS) is 22.3. The number of carbonyl (C=O) groups is 1. The maximum absolute atomic E-state index is 13.0. The highest BCUT2D eigenvalue weighted by Crippen LogP contribution is 2.39. The van der Waals surface area contributed by atoms with Gasteiger partial charge in [0, 0.05) is 17.5 Å². The fraction of sp³-hybridized carbons (Fsp3) is 0.632. The van der Waals surface area contributed by atoms with Gasteiger partial charge in [0.05, 0.1) is 0 Å². The van der Waals surface area contributed by atoms with Crippen molar-refractivity contribution in [2.75, 3.05) is 6.54 Å². The summed E-state index contributed by atoms with van der Waals surface area (Å²) in [6, 6.07) is 8.41. The average molecular weight is 285 g/mol. The van der Waals surface area contributed by atoms with Crippen molar-refractivity contribution in [2.24, 2.45) is 11.1 Å². The first-order chi connectivity index (χ1) is 10.2. The Bertz CT molecular complexity index is 479. The fourth-order valence-corrected chi connectivity index (χ4v) is 3.88. The third kappa shape index (κ3) is 2.91. The summed E-state index contributed by atoms with van der Waals surface area (Å²) in [5.41, 5.74) is 8.01. The average Bonchev–Trinajstić information content (AvgIpc) is 2.72. The second kappa shape index (κ2) is 6.31. The van der Waals surface area contributed by atoms with E-state index < -0.39 is 0 Å². The van der Waals surface area contributed by atoms with Gasteiger partial charge in [0.15, 0.2) is 5.78 Å². The molecule has 2 nitrogen and oxygen atoms in total. The Morgan fingerprint density at radius 2 is 1.62 bits per heavy atom. The highest BCUT2D eigenvalue weighted by atomic mass is 16.1. The zero-order valence-corrected chi connectivity index (χ0v) is 12.9. The first-order valence-corrected chi connectivity index (χ1v) is 8.60. The van der Waals surface area contributed by atoms with Crippen LogP contribution >= 0.6 is 0 Å². The Balaban J connectivity index is 1.78. The van der Waals surface area contributed by atoms with Crippen molar-refractivity contribution in [1.29, 1.82) is 0 Å². The van der Waals surface area contributed by atoms with Crippen LogP contribution in [0.2, 0.25) is 0 Å². The molecule has 0 spiro atoms. The van der Waals surface area contributed by atoms with Crippen LogP contribution in [0, 0.1) is 5.41 Å². The van der Waals surface area contributed by atoms with Crippen molar-refractivity contribution in [3.8, 4) is 0 Å². The predicted octanol–water partition coefficient (Wildman–Crippen LogP) is 4.44. The largest absolute Gasteiger partial charge is 0.329 e. The van der Waals surface area contributed by atoms with Crippen molar-refractivity contribution >= 4 is 5.78 Å². The van der Waals surface area contributed by atoms with Crippen LogP contribution in [0.4, 0.5) is 0 Å². The van der Waals surface area contributed by atoms with Gasteiger partial charge in [-0.25, -0.2) is 0 Å². The third-order valence-electron chi connectivity index (χ3n) is 5.68. The van der Waals surface area contributed by atoms with Gasteiger partial charge in [0.25, 0.3) is 0 Å². The molecule has 3 rings (SSSR count). The molecule has 114 valence electrons. The van der Waals surface area contributed by atoms with Crippen LogP contribution in [0.3, 0.4) is 0 Å². The first-order valence-electron chi connectivity index (χ1n) is 8.60. The number of carbonyl (C=O) groups excluding carboxylic acids is 1. The van der Waals surface area contributed by atoms with Crippen LogP contribution in [-0.2, 0) is 0 Å².